The third kappa shape index (κ3) is 3.36. The average molecular weight is 409 g/mol. The molecule has 29 heavy (non-hydrogen) atoms. The summed E-state index contributed by atoms with van der Waals surface area (Å²) in [6.07, 6.45) is 3.64. The van der Waals surface area contributed by atoms with Gasteiger partial charge < -0.3 is 19.2 Å². The summed E-state index contributed by atoms with van der Waals surface area (Å²) < 4.78 is 18.2. The van der Waals surface area contributed by atoms with Gasteiger partial charge in [-0.25, -0.2) is 5.10 Å². The Labute approximate surface area is 171 Å². The van der Waals surface area contributed by atoms with Crippen LogP contribution in [0.25, 0.3) is 22.3 Å². The van der Waals surface area contributed by atoms with Crippen LogP contribution in [-0.2, 0) is 0 Å². The molecule has 0 aliphatic rings. The van der Waals surface area contributed by atoms with Crippen LogP contribution in [0.4, 0.5) is 0 Å². The number of fused-ring (bicyclic) bond motifs is 1. The summed E-state index contributed by atoms with van der Waals surface area (Å²) in [5.41, 5.74) is 2.69. The molecule has 0 unspecified atom stereocenters. The van der Waals surface area contributed by atoms with Crippen molar-refractivity contribution < 1.29 is 14.2 Å². The summed E-state index contributed by atoms with van der Waals surface area (Å²) >= 11 is 5.37. The molecule has 0 aliphatic heterocycles. The fourth-order valence-corrected chi connectivity index (χ4v) is 3.30. The van der Waals surface area contributed by atoms with Crippen LogP contribution in [0, 0.1) is 4.77 Å². The third-order valence-electron chi connectivity index (χ3n) is 4.51. The standard InChI is InChI=1S/C20H19N5O3S/c1-26-16-8-12(9-17(27-2)18(16)28-3)19-23-24-20(29)25(19)22-11-13-10-21-15-7-5-4-6-14(13)15/h4-11,21H,1-3H3,(H,24,29)/b22-11+. The number of benzene rings is 2. The first-order valence-corrected chi connectivity index (χ1v) is 9.15. The summed E-state index contributed by atoms with van der Waals surface area (Å²) in [7, 11) is 4.68. The van der Waals surface area contributed by atoms with Gasteiger partial charge in [-0.05, 0) is 30.4 Å². The molecule has 2 heterocycles. The van der Waals surface area contributed by atoms with Crippen molar-refractivity contribution in [3.63, 3.8) is 0 Å². The minimum atomic E-state index is 0.366. The van der Waals surface area contributed by atoms with Crippen LogP contribution in [0.5, 0.6) is 17.2 Å². The molecule has 0 saturated carbocycles. The molecule has 148 valence electrons. The fraction of sp³-hybridized carbons (Fsp3) is 0.150. The second-order valence-corrected chi connectivity index (χ2v) is 6.50. The summed E-state index contributed by atoms with van der Waals surface area (Å²) in [5, 5.41) is 12.7. The fourth-order valence-electron chi connectivity index (χ4n) is 3.12. The predicted molar refractivity (Wildman–Crippen MR) is 114 cm³/mol. The van der Waals surface area contributed by atoms with E-state index in [2.05, 4.69) is 20.3 Å². The van der Waals surface area contributed by atoms with Crippen molar-refractivity contribution in [3.05, 3.63) is 52.9 Å². The van der Waals surface area contributed by atoms with Gasteiger partial charge in [0, 0.05) is 28.2 Å². The van der Waals surface area contributed by atoms with Gasteiger partial charge in [-0.15, -0.1) is 0 Å². The van der Waals surface area contributed by atoms with E-state index in [4.69, 9.17) is 26.4 Å². The number of ether oxygens (including phenoxy) is 3. The molecule has 0 bridgehead atoms. The van der Waals surface area contributed by atoms with Crippen molar-refractivity contribution in [2.45, 2.75) is 0 Å². The van der Waals surface area contributed by atoms with E-state index < -0.39 is 0 Å². The van der Waals surface area contributed by atoms with Crippen LogP contribution < -0.4 is 14.2 Å². The molecule has 0 saturated heterocycles. The second kappa shape index (κ2) is 7.80. The van der Waals surface area contributed by atoms with Crippen LogP contribution in [0.2, 0.25) is 0 Å². The lowest BCUT2D eigenvalue weighted by Crippen LogP contribution is -1.99. The molecule has 0 spiro atoms. The lowest BCUT2D eigenvalue weighted by atomic mass is 10.1. The Balaban J connectivity index is 1.80. The lowest BCUT2D eigenvalue weighted by molar-refractivity contribution is 0.324. The number of rotatable bonds is 6. The van der Waals surface area contributed by atoms with E-state index in [1.807, 2.05) is 30.5 Å². The zero-order chi connectivity index (χ0) is 20.4. The Hall–Kier alpha value is -3.59. The molecule has 2 aromatic carbocycles. The smallest absolute Gasteiger partial charge is 0.216 e. The molecular formula is C20H19N5O3S. The van der Waals surface area contributed by atoms with E-state index >= 15 is 0 Å². The van der Waals surface area contributed by atoms with E-state index in [1.165, 1.54) is 0 Å². The van der Waals surface area contributed by atoms with E-state index in [9.17, 15) is 0 Å². The Morgan fingerprint density at radius 1 is 1.07 bits per heavy atom. The van der Waals surface area contributed by atoms with E-state index in [-0.39, 0.29) is 0 Å². The van der Waals surface area contributed by atoms with Crippen molar-refractivity contribution in [1.82, 2.24) is 19.9 Å². The highest BCUT2D eigenvalue weighted by molar-refractivity contribution is 7.71. The van der Waals surface area contributed by atoms with Gasteiger partial charge >= 0.3 is 0 Å². The van der Waals surface area contributed by atoms with Gasteiger partial charge in [0.15, 0.2) is 17.3 Å². The Morgan fingerprint density at radius 2 is 1.79 bits per heavy atom. The Morgan fingerprint density at radius 3 is 2.48 bits per heavy atom. The number of hydrogen-bond donors (Lipinski definition) is 2. The molecule has 0 radical (unpaired) electrons. The van der Waals surface area contributed by atoms with Crippen LogP contribution in [0.3, 0.4) is 0 Å². The summed E-state index contributed by atoms with van der Waals surface area (Å²) in [6, 6.07) is 11.6. The Bertz CT molecular complexity index is 1230. The van der Waals surface area contributed by atoms with E-state index in [0.29, 0.717) is 33.4 Å². The van der Waals surface area contributed by atoms with Crippen LogP contribution in [-0.4, -0.2) is 47.4 Å². The highest BCUT2D eigenvalue weighted by Gasteiger charge is 2.17. The lowest BCUT2D eigenvalue weighted by Gasteiger charge is -2.13. The highest BCUT2D eigenvalue weighted by Crippen LogP contribution is 2.40. The first-order chi connectivity index (χ1) is 14.2. The zero-order valence-corrected chi connectivity index (χ0v) is 16.9. The predicted octanol–water partition coefficient (Wildman–Crippen LogP) is 4.00. The van der Waals surface area contributed by atoms with Crippen molar-refractivity contribution >= 4 is 29.3 Å². The number of aromatic amines is 2. The number of hydrogen-bond acceptors (Lipinski definition) is 6. The monoisotopic (exact) mass is 409 g/mol. The number of methoxy groups -OCH3 is 3. The van der Waals surface area contributed by atoms with Gasteiger partial charge in [0.25, 0.3) is 0 Å². The van der Waals surface area contributed by atoms with Crippen LogP contribution >= 0.6 is 12.2 Å². The van der Waals surface area contributed by atoms with Gasteiger partial charge in [-0.3, -0.25) is 0 Å². The third-order valence-corrected chi connectivity index (χ3v) is 4.77. The summed E-state index contributed by atoms with van der Waals surface area (Å²) in [5.74, 6) is 2.05. The topological polar surface area (TPSA) is 89.5 Å². The SMILES string of the molecule is COc1cc(-c2n[nH]c(=S)n2/N=C/c2c[nH]c3ccccc23)cc(OC)c1OC. The minimum absolute atomic E-state index is 0.366. The molecule has 0 amide bonds. The first kappa shape index (κ1) is 18.8. The van der Waals surface area contributed by atoms with Crippen molar-refractivity contribution in [1.29, 1.82) is 0 Å². The molecule has 0 atom stereocenters. The van der Waals surface area contributed by atoms with E-state index in [1.54, 1.807) is 44.4 Å². The zero-order valence-electron chi connectivity index (χ0n) is 16.1. The van der Waals surface area contributed by atoms with Gasteiger partial charge in [0.1, 0.15) is 0 Å². The number of para-hydroxylation sites is 1. The largest absolute Gasteiger partial charge is 0.493 e. The molecule has 9 heteroatoms. The van der Waals surface area contributed by atoms with Crippen molar-refractivity contribution in [2.24, 2.45) is 5.10 Å². The van der Waals surface area contributed by atoms with Gasteiger partial charge in [0.2, 0.25) is 10.5 Å². The molecule has 0 fully saturated rings. The summed E-state index contributed by atoms with van der Waals surface area (Å²) in [4.78, 5) is 3.23. The second-order valence-electron chi connectivity index (χ2n) is 6.11. The molecule has 4 aromatic rings. The quantitative estimate of drug-likeness (QED) is 0.371. The van der Waals surface area contributed by atoms with Gasteiger partial charge in [0.05, 0.1) is 27.5 Å². The van der Waals surface area contributed by atoms with Gasteiger partial charge in [-0.1, -0.05) is 18.2 Å². The average Bonchev–Trinajstić information content (AvgIpc) is 3.34. The first-order valence-electron chi connectivity index (χ1n) is 8.74. The highest BCUT2D eigenvalue weighted by atomic mass is 32.1. The number of nitrogens with zero attached hydrogens (tertiary/aromatic N) is 3. The maximum atomic E-state index is 5.43. The maximum Gasteiger partial charge on any atom is 0.216 e. The number of H-pyrrole nitrogens is 2. The molecule has 4 rings (SSSR count). The van der Waals surface area contributed by atoms with E-state index in [0.717, 1.165) is 16.5 Å². The molecule has 2 aromatic heterocycles. The number of nitrogens with one attached hydrogen (secondary N) is 2. The van der Waals surface area contributed by atoms with Crippen LogP contribution in [0.15, 0.2) is 47.7 Å². The van der Waals surface area contributed by atoms with Crippen molar-refractivity contribution in [2.75, 3.05) is 21.3 Å². The summed E-state index contributed by atoms with van der Waals surface area (Å²) in [6.45, 7) is 0. The maximum absolute atomic E-state index is 5.43. The molecule has 2 N–H and O–H groups in total. The molecule has 0 aliphatic carbocycles. The van der Waals surface area contributed by atoms with Crippen LogP contribution in [0.1, 0.15) is 5.56 Å². The minimum Gasteiger partial charge on any atom is -0.493 e. The number of aromatic nitrogens is 4. The molecular weight excluding hydrogens is 390 g/mol. The van der Waals surface area contributed by atoms with Gasteiger partial charge in [-0.2, -0.15) is 14.9 Å². The normalized spacial score (nSPS) is 11.3. The Kier molecular flexibility index (Phi) is 5.05. The molecule has 8 nitrogen and oxygen atoms in total. The van der Waals surface area contributed by atoms with Crippen molar-refractivity contribution in [3.8, 4) is 28.6 Å².